The van der Waals surface area contributed by atoms with Gasteiger partial charge in [0.25, 0.3) is 5.89 Å². The zero-order valence-electron chi connectivity index (χ0n) is 16.8. The van der Waals surface area contributed by atoms with Gasteiger partial charge in [-0.15, -0.1) is 0 Å². The molecule has 4 rings (SSSR count). The fraction of sp³-hybridized carbons (Fsp3) is 0.550. The third kappa shape index (κ3) is 3.81. The third-order valence-corrected chi connectivity index (χ3v) is 7.58. The summed E-state index contributed by atoms with van der Waals surface area (Å²) in [7, 11) is -3.69. The molecule has 2 aromatic rings. The van der Waals surface area contributed by atoms with Gasteiger partial charge < -0.3 is 9.42 Å². The lowest BCUT2D eigenvalue weighted by Gasteiger charge is -2.29. The minimum absolute atomic E-state index is 0.0531. The summed E-state index contributed by atoms with van der Waals surface area (Å²) in [4.78, 5) is 18.8. The minimum atomic E-state index is -3.69. The number of amides is 1. The summed E-state index contributed by atoms with van der Waals surface area (Å²) in [6.45, 7) is 4.40. The first-order valence-corrected chi connectivity index (χ1v) is 11.6. The van der Waals surface area contributed by atoms with Crippen molar-refractivity contribution in [2.75, 3.05) is 19.6 Å². The Balaban J connectivity index is 1.67. The van der Waals surface area contributed by atoms with Crippen molar-refractivity contribution in [3.8, 4) is 0 Å². The van der Waals surface area contributed by atoms with Crippen LogP contribution in [0.2, 0.25) is 0 Å². The van der Waals surface area contributed by atoms with Crippen molar-refractivity contribution in [2.45, 2.75) is 56.9 Å². The summed E-state index contributed by atoms with van der Waals surface area (Å²) in [5.41, 5.74) is 2.35. The van der Waals surface area contributed by atoms with Crippen LogP contribution in [0.5, 0.6) is 0 Å². The summed E-state index contributed by atoms with van der Waals surface area (Å²) < 4.78 is 33.6. The molecule has 1 atom stereocenters. The Kier molecular flexibility index (Phi) is 5.44. The maximum absolute atomic E-state index is 13.4. The largest absolute Gasteiger partial charge is 0.337 e. The van der Waals surface area contributed by atoms with Gasteiger partial charge in [-0.25, -0.2) is 8.42 Å². The maximum Gasteiger partial charge on any atom is 0.250 e. The number of carbonyl (C=O) groups is 1. The Morgan fingerprint density at radius 1 is 1.21 bits per heavy atom. The Morgan fingerprint density at radius 3 is 2.72 bits per heavy atom. The molecule has 1 fully saturated rings. The van der Waals surface area contributed by atoms with Gasteiger partial charge >= 0.3 is 0 Å². The first-order chi connectivity index (χ1) is 13.9. The molecule has 0 saturated carbocycles. The number of hydrogen-bond acceptors (Lipinski definition) is 6. The van der Waals surface area contributed by atoms with Crippen molar-refractivity contribution in [2.24, 2.45) is 0 Å². The predicted molar refractivity (Wildman–Crippen MR) is 106 cm³/mol. The standard InChI is InChI=1S/C20H26N4O4S/c1-3-19(25)24-11-5-10-23(13-18(24)20-21-14(2)22-28-20)29(26,27)17-9-8-15-6-4-7-16(15)12-17/h8-9,12,18H,3-7,10-11,13H2,1-2H3. The van der Waals surface area contributed by atoms with Crippen LogP contribution in [0, 0.1) is 6.92 Å². The number of carbonyl (C=O) groups excluding carboxylic acids is 1. The zero-order valence-corrected chi connectivity index (χ0v) is 17.6. The van der Waals surface area contributed by atoms with Crippen LogP contribution in [-0.4, -0.2) is 53.3 Å². The molecule has 2 heterocycles. The van der Waals surface area contributed by atoms with Crippen LogP contribution in [0.4, 0.5) is 0 Å². The quantitative estimate of drug-likeness (QED) is 0.755. The molecule has 156 valence electrons. The molecule has 1 saturated heterocycles. The van der Waals surface area contributed by atoms with Crippen molar-refractivity contribution in [3.05, 3.63) is 41.0 Å². The molecule has 9 heteroatoms. The second-order valence-corrected chi connectivity index (χ2v) is 9.57. The fourth-order valence-electron chi connectivity index (χ4n) is 4.19. The summed E-state index contributed by atoms with van der Waals surface area (Å²) in [6, 6.07) is 4.85. The highest BCUT2D eigenvalue weighted by Gasteiger charge is 2.37. The molecule has 8 nitrogen and oxygen atoms in total. The van der Waals surface area contributed by atoms with E-state index >= 15 is 0 Å². The average molecular weight is 419 g/mol. The van der Waals surface area contributed by atoms with Crippen molar-refractivity contribution < 1.29 is 17.7 Å². The Labute approximate surface area is 170 Å². The normalized spacial score (nSPS) is 20.5. The van der Waals surface area contributed by atoms with Gasteiger partial charge in [0.1, 0.15) is 6.04 Å². The van der Waals surface area contributed by atoms with E-state index in [-0.39, 0.29) is 18.3 Å². The van der Waals surface area contributed by atoms with Crippen molar-refractivity contribution in [1.82, 2.24) is 19.3 Å². The van der Waals surface area contributed by atoms with E-state index < -0.39 is 16.1 Å². The van der Waals surface area contributed by atoms with Gasteiger partial charge in [-0.05, 0) is 55.9 Å². The molecular weight excluding hydrogens is 392 g/mol. The van der Waals surface area contributed by atoms with Crippen LogP contribution >= 0.6 is 0 Å². The molecule has 1 aromatic carbocycles. The number of nitrogens with zero attached hydrogens (tertiary/aromatic N) is 4. The Bertz CT molecular complexity index is 1020. The monoisotopic (exact) mass is 418 g/mol. The van der Waals surface area contributed by atoms with E-state index in [4.69, 9.17) is 4.52 Å². The van der Waals surface area contributed by atoms with Gasteiger partial charge in [0, 0.05) is 26.1 Å². The lowest BCUT2D eigenvalue weighted by Crippen LogP contribution is -2.40. The Hall–Kier alpha value is -2.26. The smallest absolute Gasteiger partial charge is 0.250 e. The van der Waals surface area contributed by atoms with Crippen LogP contribution < -0.4 is 0 Å². The van der Waals surface area contributed by atoms with E-state index in [1.807, 2.05) is 12.1 Å². The number of fused-ring (bicyclic) bond motifs is 1. The van der Waals surface area contributed by atoms with Gasteiger partial charge in [0.05, 0.1) is 4.90 Å². The minimum Gasteiger partial charge on any atom is -0.337 e. The van der Waals surface area contributed by atoms with E-state index in [2.05, 4.69) is 10.1 Å². The number of rotatable bonds is 4. The third-order valence-electron chi connectivity index (χ3n) is 5.72. The van der Waals surface area contributed by atoms with Crippen LogP contribution in [0.3, 0.4) is 0 Å². The molecule has 0 bridgehead atoms. The first-order valence-electron chi connectivity index (χ1n) is 10.1. The Morgan fingerprint density at radius 2 is 2.00 bits per heavy atom. The maximum atomic E-state index is 13.4. The number of benzene rings is 1. The van der Waals surface area contributed by atoms with Crippen LogP contribution in [0.25, 0.3) is 0 Å². The first kappa shape index (κ1) is 20.0. The molecule has 0 spiro atoms. The van der Waals surface area contributed by atoms with Crippen molar-refractivity contribution in [3.63, 3.8) is 0 Å². The van der Waals surface area contributed by atoms with Gasteiger partial charge in [-0.2, -0.15) is 9.29 Å². The average Bonchev–Trinajstić information content (AvgIpc) is 3.29. The van der Waals surface area contributed by atoms with Gasteiger partial charge in [-0.1, -0.05) is 18.1 Å². The molecule has 1 aliphatic heterocycles. The van der Waals surface area contributed by atoms with Crippen molar-refractivity contribution in [1.29, 1.82) is 0 Å². The van der Waals surface area contributed by atoms with E-state index in [0.29, 0.717) is 36.7 Å². The summed E-state index contributed by atoms with van der Waals surface area (Å²) in [6.07, 6.45) is 3.88. The predicted octanol–water partition coefficient (Wildman–Crippen LogP) is 2.24. The molecule has 1 unspecified atom stereocenters. The van der Waals surface area contributed by atoms with E-state index in [1.54, 1.807) is 24.8 Å². The SMILES string of the molecule is CCC(=O)N1CCCN(S(=O)(=O)c2ccc3c(c2)CCC3)CC1c1nc(C)no1. The van der Waals surface area contributed by atoms with Crippen molar-refractivity contribution >= 4 is 15.9 Å². The van der Waals surface area contributed by atoms with Crippen LogP contribution in [-0.2, 0) is 27.7 Å². The van der Waals surface area contributed by atoms with E-state index in [1.165, 1.54) is 9.87 Å². The topological polar surface area (TPSA) is 96.6 Å². The molecule has 2 aliphatic rings. The molecular formula is C20H26N4O4S. The summed E-state index contributed by atoms with van der Waals surface area (Å²) in [5.74, 6) is 0.684. The molecule has 1 aliphatic carbocycles. The number of hydrogen-bond donors (Lipinski definition) is 0. The summed E-state index contributed by atoms with van der Waals surface area (Å²) in [5, 5.41) is 3.83. The van der Waals surface area contributed by atoms with Crippen LogP contribution in [0.1, 0.15) is 55.1 Å². The lowest BCUT2D eigenvalue weighted by atomic mass is 10.1. The molecule has 0 N–H and O–H groups in total. The van der Waals surface area contributed by atoms with Gasteiger partial charge in [0.2, 0.25) is 15.9 Å². The second kappa shape index (κ2) is 7.87. The highest BCUT2D eigenvalue weighted by atomic mass is 32.2. The summed E-state index contributed by atoms with van der Waals surface area (Å²) >= 11 is 0. The zero-order chi connectivity index (χ0) is 20.6. The number of aromatic nitrogens is 2. The van der Waals surface area contributed by atoms with Gasteiger partial charge in [-0.3, -0.25) is 4.79 Å². The molecule has 1 aromatic heterocycles. The van der Waals surface area contributed by atoms with E-state index in [9.17, 15) is 13.2 Å². The molecule has 29 heavy (non-hydrogen) atoms. The molecule has 0 radical (unpaired) electrons. The molecule has 1 amide bonds. The van der Waals surface area contributed by atoms with Gasteiger partial charge in [0.15, 0.2) is 5.82 Å². The van der Waals surface area contributed by atoms with Crippen LogP contribution in [0.15, 0.2) is 27.6 Å². The lowest BCUT2D eigenvalue weighted by molar-refractivity contribution is -0.133. The highest BCUT2D eigenvalue weighted by Crippen LogP contribution is 2.30. The van der Waals surface area contributed by atoms with E-state index in [0.717, 1.165) is 24.8 Å². The number of sulfonamides is 1. The number of aryl methyl sites for hydroxylation is 3. The fourth-order valence-corrected chi connectivity index (χ4v) is 5.73. The second-order valence-electron chi connectivity index (χ2n) is 7.64. The highest BCUT2D eigenvalue weighted by molar-refractivity contribution is 7.89.